The molecular weight excluding hydrogens is 391 g/mol. The predicted octanol–water partition coefficient (Wildman–Crippen LogP) is 4.74. The lowest BCUT2D eigenvalue weighted by Gasteiger charge is -2.38. The Morgan fingerprint density at radius 1 is 1.10 bits per heavy atom. The van der Waals surface area contributed by atoms with E-state index in [4.69, 9.17) is 0 Å². The number of aromatic nitrogens is 3. The van der Waals surface area contributed by atoms with Crippen molar-refractivity contribution in [2.24, 2.45) is 0 Å². The molecule has 1 aliphatic heterocycles. The van der Waals surface area contributed by atoms with Gasteiger partial charge in [0, 0.05) is 37.3 Å². The van der Waals surface area contributed by atoms with Crippen LogP contribution in [0.1, 0.15) is 38.3 Å². The van der Waals surface area contributed by atoms with Crippen LogP contribution in [0, 0.1) is 5.82 Å². The number of nitrogens with zero attached hydrogens (tertiary/aromatic N) is 4. The number of fused-ring (bicyclic) bond motifs is 2. The van der Waals surface area contributed by atoms with Crippen molar-refractivity contribution in [1.29, 1.82) is 0 Å². The highest BCUT2D eigenvalue weighted by Crippen LogP contribution is 2.30. The molecule has 5 nitrogen and oxygen atoms in total. The molecule has 0 aliphatic carbocycles. The van der Waals surface area contributed by atoms with E-state index in [9.17, 15) is 9.50 Å². The molecular formula is C25H29FN4O. The molecule has 3 heterocycles. The molecule has 4 aromatic rings. The zero-order valence-electron chi connectivity index (χ0n) is 18.1. The topological polar surface area (TPSA) is 46.2 Å². The van der Waals surface area contributed by atoms with Crippen LogP contribution in [-0.4, -0.2) is 42.8 Å². The Kier molecular flexibility index (Phi) is 5.07. The van der Waals surface area contributed by atoms with Crippen molar-refractivity contribution in [2.45, 2.75) is 51.4 Å². The maximum atomic E-state index is 13.8. The summed E-state index contributed by atoms with van der Waals surface area (Å²) in [6.45, 7) is 7.28. The summed E-state index contributed by atoms with van der Waals surface area (Å²) in [6.07, 6.45) is 5.43. The van der Waals surface area contributed by atoms with Crippen molar-refractivity contribution in [3.63, 3.8) is 0 Å². The molecule has 162 valence electrons. The summed E-state index contributed by atoms with van der Waals surface area (Å²) >= 11 is 0. The van der Waals surface area contributed by atoms with Crippen LogP contribution in [0.15, 0.2) is 55.0 Å². The molecule has 0 radical (unpaired) electrons. The van der Waals surface area contributed by atoms with E-state index in [2.05, 4.69) is 39.1 Å². The lowest BCUT2D eigenvalue weighted by atomic mass is 9.91. The van der Waals surface area contributed by atoms with Crippen molar-refractivity contribution >= 4 is 21.9 Å². The third-order valence-corrected chi connectivity index (χ3v) is 6.61. The molecule has 0 bridgehead atoms. The highest BCUT2D eigenvalue weighted by atomic mass is 19.1. The summed E-state index contributed by atoms with van der Waals surface area (Å²) in [6, 6.07) is 13.4. The summed E-state index contributed by atoms with van der Waals surface area (Å²) in [7, 11) is 0. The molecule has 1 saturated heterocycles. The fourth-order valence-corrected chi connectivity index (χ4v) is 4.83. The molecule has 2 aromatic carbocycles. The van der Waals surface area contributed by atoms with Crippen molar-refractivity contribution in [2.75, 3.05) is 13.1 Å². The van der Waals surface area contributed by atoms with E-state index in [1.165, 1.54) is 5.56 Å². The zero-order chi connectivity index (χ0) is 21.6. The van der Waals surface area contributed by atoms with Gasteiger partial charge in [0.1, 0.15) is 5.82 Å². The van der Waals surface area contributed by atoms with Crippen molar-refractivity contribution in [3.8, 4) is 0 Å². The molecule has 2 aromatic heterocycles. The molecule has 0 unspecified atom stereocenters. The van der Waals surface area contributed by atoms with Crippen molar-refractivity contribution in [3.05, 3.63) is 66.4 Å². The molecule has 5 rings (SSSR count). The van der Waals surface area contributed by atoms with Gasteiger partial charge in [0.15, 0.2) is 0 Å². The Morgan fingerprint density at radius 3 is 2.65 bits per heavy atom. The standard InChI is InChI=1S/C25H29FN4O/c1-18(2)30-15-19(21-8-7-20(26)13-24(21)30)14-28-11-9-25(31,10-12-28)16-29-17-27-22-5-3-4-6-23(22)29/h3-8,13,15,17-18,31H,9-12,14,16H2,1-2H3. The van der Waals surface area contributed by atoms with Gasteiger partial charge in [-0.15, -0.1) is 0 Å². The van der Waals surface area contributed by atoms with E-state index in [-0.39, 0.29) is 11.9 Å². The SMILES string of the molecule is CC(C)n1cc(CN2CCC(O)(Cn3cnc4ccccc43)CC2)c2ccc(F)cc21. The lowest BCUT2D eigenvalue weighted by molar-refractivity contribution is -0.0349. The average Bonchev–Trinajstić information content (AvgIpc) is 3.31. The molecule has 1 aliphatic rings. The second kappa shape index (κ2) is 7.77. The van der Waals surface area contributed by atoms with Crippen molar-refractivity contribution in [1.82, 2.24) is 19.0 Å². The first kappa shape index (κ1) is 20.2. The van der Waals surface area contributed by atoms with Gasteiger partial charge in [-0.3, -0.25) is 4.90 Å². The molecule has 0 amide bonds. The number of para-hydroxylation sites is 2. The first-order valence-corrected chi connectivity index (χ1v) is 11.1. The number of aliphatic hydroxyl groups is 1. The summed E-state index contributed by atoms with van der Waals surface area (Å²) in [4.78, 5) is 6.84. The van der Waals surface area contributed by atoms with Crippen LogP contribution in [-0.2, 0) is 13.1 Å². The maximum Gasteiger partial charge on any atom is 0.125 e. The van der Waals surface area contributed by atoms with Crippen LogP contribution in [0.2, 0.25) is 0 Å². The summed E-state index contributed by atoms with van der Waals surface area (Å²) in [5.74, 6) is -0.200. The Labute approximate surface area is 181 Å². The minimum Gasteiger partial charge on any atom is -0.388 e. The maximum absolute atomic E-state index is 13.8. The molecule has 0 saturated carbocycles. The minimum absolute atomic E-state index is 0.200. The number of hydrogen-bond donors (Lipinski definition) is 1. The van der Waals surface area contributed by atoms with Crippen LogP contribution >= 0.6 is 0 Å². The van der Waals surface area contributed by atoms with Crippen LogP contribution in [0.25, 0.3) is 21.9 Å². The predicted molar refractivity (Wildman–Crippen MR) is 121 cm³/mol. The first-order chi connectivity index (χ1) is 14.9. The number of hydrogen-bond acceptors (Lipinski definition) is 3. The average molecular weight is 421 g/mol. The number of likely N-dealkylation sites (tertiary alicyclic amines) is 1. The Morgan fingerprint density at radius 2 is 1.87 bits per heavy atom. The zero-order valence-corrected chi connectivity index (χ0v) is 18.1. The smallest absolute Gasteiger partial charge is 0.125 e. The Balaban J connectivity index is 1.30. The second-order valence-corrected chi connectivity index (χ2v) is 9.18. The summed E-state index contributed by atoms with van der Waals surface area (Å²) in [5, 5.41) is 12.4. The van der Waals surface area contributed by atoms with Crippen LogP contribution in [0.5, 0.6) is 0 Å². The number of piperidine rings is 1. The molecule has 1 N–H and O–H groups in total. The van der Waals surface area contributed by atoms with E-state index < -0.39 is 5.60 Å². The van der Waals surface area contributed by atoms with Gasteiger partial charge in [0.2, 0.25) is 0 Å². The van der Waals surface area contributed by atoms with Crippen molar-refractivity contribution < 1.29 is 9.50 Å². The second-order valence-electron chi connectivity index (χ2n) is 9.18. The number of imidazole rings is 1. The molecule has 0 spiro atoms. The number of benzene rings is 2. The summed E-state index contributed by atoms with van der Waals surface area (Å²) < 4.78 is 18.0. The normalized spacial score (nSPS) is 17.2. The highest BCUT2D eigenvalue weighted by molar-refractivity contribution is 5.84. The van der Waals surface area contributed by atoms with Gasteiger partial charge in [0.25, 0.3) is 0 Å². The van der Waals surface area contributed by atoms with Gasteiger partial charge in [0.05, 0.1) is 35.0 Å². The fraction of sp³-hybridized carbons (Fsp3) is 0.400. The van der Waals surface area contributed by atoms with Gasteiger partial charge in [-0.1, -0.05) is 12.1 Å². The van der Waals surface area contributed by atoms with Gasteiger partial charge >= 0.3 is 0 Å². The van der Waals surface area contributed by atoms with Gasteiger partial charge in [-0.25, -0.2) is 9.37 Å². The first-order valence-electron chi connectivity index (χ1n) is 11.1. The fourth-order valence-electron chi connectivity index (χ4n) is 4.83. The largest absolute Gasteiger partial charge is 0.388 e. The minimum atomic E-state index is -0.727. The lowest BCUT2D eigenvalue weighted by Crippen LogP contribution is -2.46. The third kappa shape index (κ3) is 3.86. The quantitative estimate of drug-likeness (QED) is 0.507. The third-order valence-electron chi connectivity index (χ3n) is 6.61. The van der Waals surface area contributed by atoms with Gasteiger partial charge in [-0.05, 0) is 62.6 Å². The van der Waals surface area contributed by atoms with Gasteiger partial charge < -0.3 is 14.2 Å². The van der Waals surface area contributed by atoms with Gasteiger partial charge in [-0.2, -0.15) is 0 Å². The molecule has 1 fully saturated rings. The monoisotopic (exact) mass is 420 g/mol. The van der Waals surface area contributed by atoms with E-state index >= 15 is 0 Å². The van der Waals surface area contributed by atoms with E-state index in [0.717, 1.165) is 54.4 Å². The highest BCUT2D eigenvalue weighted by Gasteiger charge is 2.33. The Bertz CT molecular complexity index is 1220. The Hall–Kier alpha value is -2.70. The van der Waals surface area contributed by atoms with E-state index in [1.54, 1.807) is 12.1 Å². The number of rotatable bonds is 5. The van der Waals surface area contributed by atoms with E-state index in [1.807, 2.05) is 36.7 Å². The van der Waals surface area contributed by atoms with Crippen LogP contribution < -0.4 is 0 Å². The summed E-state index contributed by atoms with van der Waals surface area (Å²) in [5.41, 5.74) is 3.46. The molecule has 0 atom stereocenters. The molecule has 6 heteroatoms. The van der Waals surface area contributed by atoms with Crippen LogP contribution in [0.3, 0.4) is 0 Å². The molecule has 31 heavy (non-hydrogen) atoms. The van der Waals surface area contributed by atoms with E-state index in [0.29, 0.717) is 6.54 Å². The number of halogens is 1. The van der Waals surface area contributed by atoms with Crippen LogP contribution in [0.4, 0.5) is 4.39 Å².